The highest BCUT2D eigenvalue weighted by Crippen LogP contribution is 2.26. The number of unbranched alkanes of at least 4 members (excludes halogenated alkanes) is 5. The Morgan fingerprint density at radius 2 is 1.68 bits per heavy atom. The predicted molar refractivity (Wildman–Crippen MR) is 98.3 cm³/mol. The Labute approximate surface area is 147 Å². The number of hydrogen-bond donors (Lipinski definition) is 3. The molecule has 0 atom stereocenters. The van der Waals surface area contributed by atoms with Crippen molar-refractivity contribution in [3.05, 3.63) is 41.5 Å². The second-order valence-corrected chi connectivity index (χ2v) is 6.26. The fourth-order valence-corrected chi connectivity index (χ4v) is 2.81. The fraction of sp³-hybridized carbons (Fsp3) is 0.400. The summed E-state index contributed by atoms with van der Waals surface area (Å²) in [4.78, 5) is 23.3. The third kappa shape index (κ3) is 5.21. The lowest BCUT2D eigenvalue weighted by molar-refractivity contribution is 0.0693. The molecule has 0 heterocycles. The summed E-state index contributed by atoms with van der Waals surface area (Å²) in [6.07, 6.45) is 6.99. The quantitative estimate of drug-likeness (QED) is 0.591. The van der Waals surface area contributed by atoms with Crippen LogP contribution in [0.25, 0.3) is 10.8 Å². The van der Waals surface area contributed by atoms with E-state index in [2.05, 4.69) is 12.2 Å². The van der Waals surface area contributed by atoms with Crippen LogP contribution in [0, 0.1) is 0 Å². The van der Waals surface area contributed by atoms with Crippen LogP contribution in [0.4, 0.5) is 0 Å². The zero-order valence-corrected chi connectivity index (χ0v) is 14.5. The van der Waals surface area contributed by atoms with Gasteiger partial charge in [-0.2, -0.15) is 0 Å². The summed E-state index contributed by atoms with van der Waals surface area (Å²) in [6.45, 7) is 2.82. The Bertz CT molecular complexity index is 755. The minimum absolute atomic E-state index is 0.166. The zero-order chi connectivity index (χ0) is 18.2. The Morgan fingerprint density at radius 1 is 0.960 bits per heavy atom. The molecule has 5 nitrogen and oxygen atoms in total. The number of rotatable bonds is 9. The number of hydrogen-bond acceptors (Lipinski definition) is 3. The van der Waals surface area contributed by atoms with Crippen LogP contribution in [0.5, 0.6) is 5.75 Å². The summed E-state index contributed by atoms with van der Waals surface area (Å²) < 4.78 is 0. The van der Waals surface area contributed by atoms with Gasteiger partial charge in [0.2, 0.25) is 0 Å². The van der Waals surface area contributed by atoms with E-state index in [0.717, 1.165) is 12.8 Å². The molecule has 0 aliphatic heterocycles. The van der Waals surface area contributed by atoms with Gasteiger partial charge in [0.05, 0.1) is 0 Å². The summed E-state index contributed by atoms with van der Waals surface area (Å²) in [7, 11) is 0. The van der Waals surface area contributed by atoms with Gasteiger partial charge < -0.3 is 15.5 Å². The molecule has 134 valence electrons. The van der Waals surface area contributed by atoms with Crippen LogP contribution in [0.2, 0.25) is 0 Å². The molecule has 3 N–H and O–H groups in total. The molecule has 0 spiro atoms. The second-order valence-electron chi connectivity index (χ2n) is 6.26. The van der Waals surface area contributed by atoms with Crippen LogP contribution in [-0.4, -0.2) is 28.6 Å². The number of nitrogens with one attached hydrogen (secondary N) is 1. The molecule has 0 saturated carbocycles. The van der Waals surface area contributed by atoms with Gasteiger partial charge in [-0.05, 0) is 41.5 Å². The lowest BCUT2D eigenvalue weighted by Crippen LogP contribution is -2.24. The van der Waals surface area contributed by atoms with Crippen LogP contribution in [0.1, 0.15) is 66.2 Å². The second kappa shape index (κ2) is 9.06. The standard InChI is InChI=1S/C20H25NO4/c1-2-3-4-5-6-7-10-21-19(23)15-9-8-14-13-18(22)17(20(24)25)12-16(14)11-15/h8-9,11-13,22H,2-7,10H2,1H3,(H,21,23)(H,24,25). The molecular weight excluding hydrogens is 318 g/mol. The minimum atomic E-state index is -1.20. The van der Waals surface area contributed by atoms with Crippen molar-refractivity contribution in [2.24, 2.45) is 0 Å². The van der Waals surface area contributed by atoms with Gasteiger partial charge in [0, 0.05) is 12.1 Å². The molecule has 0 bridgehead atoms. The van der Waals surface area contributed by atoms with E-state index in [-0.39, 0.29) is 17.2 Å². The van der Waals surface area contributed by atoms with Crippen LogP contribution in [-0.2, 0) is 0 Å². The van der Waals surface area contributed by atoms with Gasteiger partial charge >= 0.3 is 5.97 Å². The number of carboxylic acids is 1. The van der Waals surface area contributed by atoms with Crippen molar-refractivity contribution in [2.75, 3.05) is 6.54 Å². The van der Waals surface area contributed by atoms with Crippen molar-refractivity contribution in [1.29, 1.82) is 0 Å². The number of fused-ring (bicyclic) bond motifs is 1. The molecule has 2 rings (SSSR count). The molecule has 5 heteroatoms. The van der Waals surface area contributed by atoms with Crippen molar-refractivity contribution < 1.29 is 19.8 Å². The van der Waals surface area contributed by atoms with Crippen molar-refractivity contribution in [1.82, 2.24) is 5.32 Å². The maximum Gasteiger partial charge on any atom is 0.339 e. The summed E-state index contributed by atoms with van der Waals surface area (Å²) in [5, 5.41) is 23.0. The molecule has 0 unspecified atom stereocenters. The number of carbonyl (C=O) groups is 2. The first kappa shape index (κ1) is 18.8. The summed E-state index contributed by atoms with van der Waals surface area (Å²) in [5.74, 6) is -1.64. The van der Waals surface area contributed by atoms with Crippen LogP contribution in [0.15, 0.2) is 30.3 Å². The SMILES string of the molecule is CCCCCCCCNC(=O)c1ccc2cc(O)c(C(=O)O)cc2c1. The Morgan fingerprint density at radius 3 is 2.40 bits per heavy atom. The van der Waals surface area contributed by atoms with Crippen molar-refractivity contribution in [2.45, 2.75) is 45.4 Å². The van der Waals surface area contributed by atoms with Crippen LogP contribution < -0.4 is 5.32 Å². The highest BCUT2D eigenvalue weighted by atomic mass is 16.4. The molecule has 0 aromatic heterocycles. The van der Waals surface area contributed by atoms with E-state index in [9.17, 15) is 14.7 Å². The van der Waals surface area contributed by atoms with Gasteiger partial charge in [-0.1, -0.05) is 45.1 Å². The maximum absolute atomic E-state index is 12.2. The van der Waals surface area contributed by atoms with Gasteiger partial charge in [-0.3, -0.25) is 4.79 Å². The molecule has 1 amide bonds. The molecule has 0 aliphatic carbocycles. The molecule has 25 heavy (non-hydrogen) atoms. The highest BCUT2D eigenvalue weighted by molar-refractivity contribution is 6.01. The minimum Gasteiger partial charge on any atom is -0.507 e. The highest BCUT2D eigenvalue weighted by Gasteiger charge is 2.12. The third-order valence-electron chi connectivity index (χ3n) is 4.26. The van der Waals surface area contributed by atoms with Crippen LogP contribution >= 0.6 is 0 Å². The molecule has 2 aromatic rings. The zero-order valence-electron chi connectivity index (χ0n) is 14.5. The van der Waals surface area contributed by atoms with Gasteiger partial charge in [-0.15, -0.1) is 0 Å². The van der Waals surface area contributed by atoms with Gasteiger partial charge in [-0.25, -0.2) is 4.79 Å². The molecule has 0 radical (unpaired) electrons. The fourth-order valence-electron chi connectivity index (χ4n) is 2.81. The predicted octanol–water partition coefficient (Wildman–Crippen LogP) is 4.33. The van der Waals surface area contributed by atoms with E-state index >= 15 is 0 Å². The number of phenols is 1. The number of amides is 1. The number of aromatic hydroxyl groups is 1. The number of carboxylic acid groups (broad SMARTS) is 1. The average molecular weight is 343 g/mol. The first-order valence-corrected chi connectivity index (χ1v) is 8.81. The third-order valence-corrected chi connectivity index (χ3v) is 4.26. The number of carbonyl (C=O) groups excluding carboxylic acids is 1. The van der Waals surface area contributed by atoms with E-state index in [1.807, 2.05) is 0 Å². The summed E-state index contributed by atoms with van der Waals surface area (Å²) in [5.41, 5.74) is 0.317. The van der Waals surface area contributed by atoms with E-state index in [1.54, 1.807) is 18.2 Å². The summed E-state index contributed by atoms with van der Waals surface area (Å²) >= 11 is 0. The van der Waals surface area contributed by atoms with E-state index < -0.39 is 5.97 Å². The van der Waals surface area contributed by atoms with Crippen molar-refractivity contribution in [3.63, 3.8) is 0 Å². The van der Waals surface area contributed by atoms with Crippen molar-refractivity contribution >= 4 is 22.6 Å². The van der Waals surface area contributed by atoms with E-state index in [1.165, 1.54) is 37.8 Å². The van der Waals surface area contributed by atoms with Crippen LogP contribution in [0.3, 0.4) is 0 Å². The van der Waals surface area contributed by atoms with Gasteiger partial charge in [0.1, 0.15) is 11.3 Å². The van der Waals surface area contributed by atoms with Gasteiger partial charge in [0.15, 0.2) is 0 Å². The molecule has 0 fully saturated rings. The largest absolute Gasteiger partial charge is 0.507 e. The molecule has 2 aromatic carbocycles. The molecule has 0 saturated heterocycles. The Hall–Kier alpha value is -2.56. The summed E-state index contributed by atoms with van der Waals surface area (Å²) in [6, 6.07) is 7.82. The number of benzene rings is 2. The lowest BCUT2D eigenvalue weighted by atomic mass is 10.0. The molecular formula is C20H25NO4. The van der Waals surface area contributed by atoms with Crippen molar-refractivity contribution in [3.8, 4) is 5.75 Å². The normalized spacial score (nSPS) is 10.8. The molecule has 0 aliphatic rings. The Kier molecular flexibility index (Phi) is 6.81. The monoisotopic (exact) mass is 343 g/mol. The van der Waals surface area contributed by atoms with E-state index in [4.69, 9.17) is 5.11 Å². The maximum atomic E-state index is 12.2. The first-order valence-electron chi connectivity index (χ1n) is 8.81. The topological polar surface area (TPSA) is 86.6 Å². The first-order chi connectivity index (χ1) is 12.0. The number of aromatic carboxylic acids is 1. The average Bonchev–Trinajstić information content (AvgIpc) is 2.59. The smallest absolute Gasteiger partial charge is 0.339 e. The van der Waals surface area contributed by atoms with E-state index in [0.29, 0.717) is 22.9 Å². The lowest BCUT2D eigenvalue weighted by Gasteiger charge is -2.08. The Balaban J connectivity index is 1.97. The van der Waals surface area contributed by atoms with Gasteiger partial charge in [0.25, 0.3) is 5.91 Å².